The number of hydrogen-bond donors (Lipinski definition) is 3. The van der Waals surface area contributed by atoms with E-state index in [1.807, 2.05) is 6.07 Å². The molecule has 17 heavy (non-hydrogen) atoms. The SMILES string of the molecule is CC1CCC(CNc2ccnc(NN)n2)CC1. The molecule has 1 aliphatic carbocycles. The van der Waals surface area contributed by atoms with Crippen molar-refractivity contribution in [2.45, 2.75) is 32.6 Å². The summed E-state index contributed by atoms with van der Waals surface area (Å²) >= 11 is 0. The second-order valence-electron chi connectivity index (χ2n) is 4.92. The summed E-state index contributed by atoms with van der Waals surface area (Å²) in [4.78, 5) is 8.21. The maximum absolute atomic E-state index is 5.27. The number of anilines is 2. The molecule has 0 aliphatic heterocycles. The van der Waals surface area contributed by atoms with Crippen LogP contribution in [0.3, 0.4) is 0 Å². The molecule has 2 rings (SSSR count). The first kappa shape index (κ1) is 12.1. The van der Waals surface area contributed by atoms with Gasteiger partial charge in [0.1, 0.15) is 5.82 Å². The zero-order chi connectivity index (χ0) is 12.1. The smallest absolute Gasteiger partial charge is 0.239 e. The normalized spacial score (nSPS) is 24.4. The number of nitrogens with zero attached hydrogens (tertiary/aromatic N) is 2. The molecule has 1 aliphatic rings. The van der Waals surface area contributed by atoms with Crippen molar-refractivity contribution in [2.24, 2.45) is 17.7 Å². The summed E-state index contributed by atoms with van der Waals surface area (Å²) in [6.07, 6.45) is 7.05. The second kappa shape index (κ2) is 5.82. The standard InChI is InChI=1S/C12H21N5/c1-9-2-4-10(5-3-9)8-15-11-6-7-14-12(16-11)17-13/h6-7,9-10H,2-5,8,13H2,1H3,(H2,14,15,16,17). The number of hydrogen-bond acceptors (Lipinski definition) is 5. The highest BCUT2D eigenvalue weighted by Gasteiger charge is 2.17. The Labute approximate surface area is 102 Å². The van der Waals surface area contributed by atoms with Crippen LogP contribution in [0.15, 0.2) is 12.3 Å². The molecule has 0 aromatic carbocycles. The molecule has 5 heteroatoms. The minimum atomic E-state index is 0.451. The van der Waals surface area contributed by atoms with Gasteiger partial charge in [0.2, 0.25) is 5.95 Å². The van der Waals surface area contributed by atoms with E-state index in [2.05, 4.69) is 27.6 Å². The summed E-state index contributed by atoms with van der Waals surface area (Å²) in [5.74, 6) is 8.24. The van der Waals surface area contributed by atoms with Gasteiger partial charge in [-0.2, -0.15) is 4.98 Å². The van der Waals surface area contributed by atoms with Gasteiger partial charge in [0.05, 0.1) is 0 Å². The zero-order valence-electron chi connectivity index (χ0n) is 10.3. The van der Waals surface area contributed by atoms with Crippen LogP contribution in [0.1, 0.15) is 32.6 Å². The Hall–Kier alpha value is -1.36. The van der Waals surface area contributed by atoms with Crippen molar-refractivity contribution >= 4 is 11.8 Å². The first-order valence-corrected chi connectivity index (χ1v) is 6.31. The molecule has 1 fully saturated rings. The number of rotatable bonds is 4. The van der Waals surface area contributed by atoms with Gasteiger partial charge >= 0.3 is 0 Å². The number of hydrazine groups is 1. The lowest BCUT2D eigenvalue weighted by Gasteiger charge is -2.26. The fraction of sp³-hybridized carbons (Fsp3) is 0.667. The van der Waals surface area contributed by atoms with Crippen molar-refractivity contribution < 1.29 is 0 Å². The van der Waals surface area contributed by atoms with Crippen LogP contribution in [-0.2, 0) is 0 Å². The average Bonchev–Trinajstić information content (AvgIpc) is 2.38. The number of nitrogens with two attached hydrogens (primary N) is 1. The molecule has 94 valence electrons. The maximum atomic E-state index is 5.27. The first-order chi connectivity index (χ1) is 8.28. The molecule has 1 heterocycles. The molecule has 0 saturated heterocycles. The van der Waals surface area contributed by atoms with Crippen LogP contribution in [0, 0.1) is 11.8 Å². The molecular formula is C12H21N5. The predicted octanol–water partition coefficient (Wildman–Crippen LogP) is 2.00. The van der Waals surface area contributed by atoms with Crippen LogP contribution in [0.2, 0.25) is 0 Å². The van der Waals surface area contributed by atoms with Gasteiger partial charge in [-0.05, 0) is 30.7 Å². The molecule has 0 atom stereocenters. The molecule has 1 aromatic heterocycles. The third-order valence-electron chi connectivity index (χ3n) is 3.49. The second-order valence-corrected chi connectivity index (χ2v) is 4.92. The Morgan fingerprint density at radius 3 is 2.82 bits per heavy atom. The van der Waals surface area contributed by atoms with Gasteiger partial charge in [-0.15, -0.1) is 0 Å². The number of nitrogens with one attached hydrogen (secondary N) is 2. The molecule has 0 amide bonds. The van der Waals surface area contributed by atoms with Crippen LogP contribution in [0.4, 0.5) is 11.8 Å². The van der Waals surface area contributed by atoms with E-state index in [1.54, 1.807) is 6.20 Å². The van der Waals surface area contributed by atoms with Crippen LogP contribution in [0.25, 0.3) is 0 Å². The monoisotopic (exact) mass is 235 g/mol. The molecule has 0 bridgehead atoms. The molecule has 0 unspecified atom stereocenters. The molecule has 0 spiro atoms. The highest BCUT2D eigenvalue weighted by atomic mass is 15.3. The first-order valence-electron chi connectivity index (χ1n) is 6.31. The van der Waals surface area contributed by atoms with Crippen LogP contribution < -0.4 is 16.6 Å². The fourth-order valence-electron chi connectivity index (χ4n) is 2.31. The summed E-state index contributed by atoms with van der Waals surface area (Å²) in [5, 5.41) is 3.36. The Kier molecular flexibility index (Phi) is 4.14. The third kappa shape index (κ3) is 3.56. The predicted molar refractivity (Wildman–Crippen MR) is 69.5 cm³/mol. The topological polar surface area (TPSA) is 75.9 Å². The lowest BCUT2D eigenvalue weighted by atomic mass is 9.83. The average molecular weight is 235 g/mol. The van der Waals surface area contributed by atoms with Crippen molar-refractivity contribution in [3.63, 3.8) is 0 Å². The van der Waals surface area contributed by atoms with Crippen molar-refractivity contribution in [1.29, 1.82) is 0 Å². The van der Waals surface area contributed by atoms with Crippen LogP contribution in [-0.4, -0.2) is 16.5 Å². The zero-order valence-corrected chi connectivity index (χ0v) is 10.3. The Morgan fingerprint density at radius 1 is 1.35 bits per heavy atom. The van der Waals surface area contributed by atoms with Crippen LogP contribution in [0.5, 0.6) is 0 Å². The van der Waals surface area contributed by atoms with E-state index in [1.165, 1.54) is 25.7 Å². The van der Waals surface area contributed by atoms with Gasteiger partial charge < -0.3 is 5.32 Å². The maximum Gasteiger partial charge on any atom is 0.239 e. The van der Waals surface area contributed by atoms with E-state index in [4.69, 9.17) is 5.84 Å². The van der Waals surface area contributed by atoms with Crippen molar-refractivity contribution in [3.8, 4) is 0 Å². The van der Waals surface area contributed by atoms with E-state index >= 15 is 0 Å². The van der Waals surface area contributed by atoms with Gasteiger partial charge in [-0.1, -0.05) is 19.8 Å². The number of nitrogen functional groups attached to an aromatic ring is 1. The quantitative estimate of drug-likeness (QED) is 0.549. The molecule has 5 nitrogen and oxygen atoms in total. The van der Waals surface area contributed by atoms with Gasteiger partial charge in [-0.3, -0.25) is 5.43 Å². The lowest BCUT2D eigenvalue weighted by Crippen LogP contribution is -2.21. The van der Waals surface area contributed by atoms with Gasteiger partial charge in [0.25, 0.3) is 0 Å². The molecule has 1 saturated carbocycles. The third-order valence-corrected chi connectivity index (χ3v) is 3.49. The summed E-state index contributed by atoms with van der Waals surface area (Å²) in [6.45, 7) is 3.33. The van der Waals surface area contributed by atoms with E-state index in [0.717, 1.165) is 24.2 Å². The summed E-state index contributed by atoms with van der Waals surface area (Å²) in [7, 11) is 0. The van der Waals surface area contributed by atoms with E-state index in [0.29, 0.717) is 5.95 Å². The van der Waals surface area contributed by atoms with Gasteiger partial charge in [0, 0.05) is 12.7 Å². The van der Waals surface area contributed by atoms with Crippen LogP contribution >= 0.6 is 0 Å². The van der Waals surface area contributed by atoms with E-state index in [9.17, 15) is 0 Å². The van der Waals surface area contributed by atoms with Crippen molar-refractivity contribution in [3.05, 3.63) is 12.3 Å². The van der Waals surface area contributed by atoms with Gasteiger partial charge in [-0.25, -0.2) is 10.8 Å². The molecule has 1 aromatic rings. The minimum Gasteiger partial charge on any atom is -0.370 e. The molecule has 4 N–H and O–H groups in total. The largest absolute Gasteiger partial charge is 0.370 e. The molecular weight excluding hydrogens is 214 g/mol. The highest BCUT2D eigenvalue weighted by Crippen LogP contribution is 2.28. The Morgan fingerprint density at radius 2 is 2.12 bits per heavy atom. The highest BCUT2D eigenvalue weighted by molar-refractivity contribution is 5.38. The lowest BCUT2D eigenvalue weighted by molar-refractivity contribution is 0.300. The molecule has 0 radical (unpaired) electrons. The minimum absolute atomic E-state index is 0.451. The van der Waals surface area contributed by atoms with Crippen molar-refractivity contribution in [2.75, 3.05) is 17.3 Å². The van der Waals surface area contributed by atoms with E-state index < -0.39 is 0 Å². The Balaban J connectivity index is 1.81. The van der Waals surface area contributed by atoms with Crippen molar-refractivity contribution in [1.82, 2.24) is 9.97 Å². The summed E-state index contributed by atoms with van der Waals surface area (Å²) in [5.41, 5.74) is 2.45. The summed E-state index contributed by atoms with van der Waals surface area (Å²) < 4.78 is 0. The van der Waals surface area contributed by atoms with E-state index in [-0.39, 0.29) is 0 Å². The summed E-state index contributed by atoms with van der Waals surface area (Å²) in [6, 6.07) is 1.87. The number of aromatic nitrogens is 2. The fourth-order valence-corrected chi connectivity index (χ4v) is 2.31. The Bertz CT molecular complexity index is 347. The van der Waals surface area contributed by atoms with Gasteiger partial charge in [0.15, 0.2) is 0 Å².